The van der Waals surface area contributed by atoms with Crippen molar-refractivity contribution in [2.75, 3.05) is 50.1 Å². The van der Waals surface area contributed by atoms with E-state index in [-0.39, 0.29) is 12.5 Å². The van der Waals surface area contributed by atoms with Gasteiger partial charge in [-0.1, -0.05) is 37.6 Å². The molecule has 2 aromatic rings. The predicted molar refractivity (Wildman–Crippen MR) is 120 cm³/mol. The minimum atomic E-state index is -0.209. The maximum atomic E-state index is 12.2. The zero-order chi connectivity index (χ0) is 20.8. The second-order valence-corrected chi connectivity index (χ2v) is 8.08. The van der Waals surface area contributed by atoms with E-state index >= 15 is 0 Å². The Bertz CT molecular complexity index is 817. The first-order chi connectivity index (χ1) is 14.0. The molecule has 0 aliphatic carbocycles. The normalized spacial score (nSPS) is 15.8. The molecule has 1 amide bonds. The number of likely N-dealkylation sites (N-methyl/N-ethyl adjacent to an activating group) is 1. The third-order valence-corrected chi connectivity index (χ3v) is 5.81. The highest BCUT2D eigenvalue weighted by atomic mass is 35.5. The summed E-state index contributed by atoms with van der Waals surface area (Å²) in [6.45, 7) is 8.26. The molecule has 0 saturated carbocycles. The van der Waals surface area contributed by atoms with Crippen LogP contribution in [0.15, 0.2) is 42.5 Å². The van der Waals surface area contributed by atoms with Crippen molar-refractivity contribution >= 4 is 28.9 Å². The molecule has 1 atom stereocenters. The van der Waals surface area contributed by atoms with Crippen LogP contribution in [-0.4, -0.2) is 50.6 Å². The topological polar surface area (TPSA) is 44.8 Å². The van der Waals surface area contributed by atoms with Gasteiger partial charge in [0.15, 0.2) is 6.61 Å². The lowest BCUT2D eigenvalue weighted by atomic mass is 9.99. The molecule has 1 aliphatic rings. The molecular weight excluding hydrogens is 386 g/mol. The van der Waals surface area contributed by atoms with Gasteiger partial charge in [-0.25, -0.2) is 0 Å². The van der Waals surface area contributed by atoms with Crippen molar-refractivity contribution in [1.82, 2.24) is 4.90 Å². The summed E-state index contributed by atoms with van der Waals surface area (Å²) in [5.74, 6) is 1.00. The minimum Gasteiger partial charge on any atom is -0.484 e. The number of anilines is 2. The number of ether oxygens (including phenoxy) is 1. The first-order valence-corrected chi connectivity index (χ1v) is 10.6. The largest absolute Gasteiger partial charge is 0.484 e. The summed E-state index contributed by atoms with van der Waals surface area (Å²) in [6.07, 6.45) is 1.10. The van der Waals surface area contributed by atoms with Gasteiger partial charge < -0.3 is 19.9 Å². The van der Waals surface area contributed by atoms with Crippen LogP contribution in [0.3, 0.4) is 0 Å². The summed E-state index contributed by atoms with van der Waals surface area (Å²) >= 11 is 6.47. The van der Waals surface area contributed by atoms with Crippen LogP contribution in [0, 0.1) is 0 Å². The Balaban J connectivity index is 1.52. The van der Waals surface area contributed by atoms with E-state index in [0.29, 0.717) is 22.4 Å². The van der Waals surface area contributed by atoms with Gasteiger partial charge in [-0.3, -0.25) is 4.79 Å². The first-order valence-electron chi connectivity index (χ1n) is 10.2. The Morgan fingerprint density at radius 3 is 2.45 bits per heavy atom. The number of nitrogens with one attached hydrogen (secondary N) is 1. The van der Waals surface area contributed by atoms with Crippen LogP contribution < -0.4 is 15.0 Å². The van der Waals surface area contributed by atoms with E-state index in [2.05, 4.69) is 48.1 Å². The van der Waals surface area contributed by atoms with Crippen LogP contribution in [0.2, 0.25) is 5.02 Å². The Morgan fingerprint density at radius 2 is 1.83 bits per heavy atom. The number of carbonyl (C=O) groups excluding carboxylic acids is 1. The van der Waals surface area contributed by atoms with Crippen molar-refractivity contribution in [3.63, 3.8) is 0 Å². The SMILES string of the molecule is CC[C@H](C)c1ccc(OCC(=O)Nc2ccc(N3CCN(C)CC3)c(Cl)c2)cc1. The molecule has 2 aromatic carbocycles. The van der Waals surface area contributed by atoms with E-state index in [1.54, 1.807) is 6.07 Å². The van der Waals surface area contributed by atoms with Gasteiger partial charge in [0.1, 0.15) is 5.75 Å². The molecule has 1 heterocycles. The molecule has 1 fully saturated rings. The van der Waals surface area contributed by atoms with Gasteiger partial charge in [-0.2, -0.15) is 0 Å². The lowest BCUT2D eigenvalue weighted by molar-refractivity contribution is -0.118. The van der Waals surface area contributed by atoms with Crippen LogP contribution in [-0.2, 0) is 4.79 Å². The molecule has 1 aliphatic heterocycles. The molecule has 29 heavy (non-hydrogen) atoms. The number of rotatable bonds is 7. The zero-order valence-corrected chi connectivity index (χ0v) is 18.2. The van der Waals surface area contributed by atoms with Crippen LogP contribution >= 0.6 is 11.6 Å². The average Bonchev–Trinajstić information content (AvgIpc) is 2.73. The summed E-state index contributed by atoms with van der Waals surface area (Å²) in [7, 11) is 2.12. The second-order valence-electron chi connectivity index (χ2n) is 7.67. The molecule has 0 bridgehead atoms. The molecule has 0 aromatic heterocycles. The van der Waals surface area contributed by atoms with Gasteiger partial charge >= 0.3 is 0 Å². The number of amides is 1. The molecule has 156 valence electrons. The molecule has 0 spiro atoms. The highest BCUT2D eigenvalue weighted by Gasteiger charge is 2.17. The number of hydrogen-bond donors (Lipinski definition) is 1. The maximum Gasteiger partial charge on any atom is 0.262 e. The molecular formula is C23H30ClN3O2. The smallest absolute Gasteiger partial charge is 0.262 e. The summed E-state index contributed by atoms with van der Waals surface area (Å²) in [4.78, 5) is 16.8. The van der Waals surface area contributed by atoms with E-state index in [4.69, 9.17) is 16.3 Å². The van der Waals surface area contributed by atoms with Crippen molar-refractivity contribution in [1.29, 1.82) is 0 Å². The Hall–Kier alpha value is -2.24. The fraction of sp³-hybridized carbons (Fsp3) is 0.435. The number of carbonyl (C=O) groups is 1. The van der Waals surface area contributed by atoms with E-state index in [1.165, 1.54) is 5.56 Å². The molecule has 6 heteroatoms. The third kappa shape index (κ3) is 5.87. The van der Waals surface area contributed by atoms with Crippen molar-refractivity contribution < 1.29 is 9.53 Å². The second kappa shape index (κ2) is 9.99. The zero-order valence-electron chi connectivity index (χ0n) is 17.5. The van der Waals surface area contributed by atoms with Crippen molar-refractivity contribution in [2.24, 2.45) is 0 Å². The van der Waals surface area contributed by atoms with E-state index in [9.17, 15) is 4.79 Å². The molecule has 5 nitrogen and oxygen atoms in total. The van der Waals surface area contributed by atoms with Gasteiger partial charge in [-0.05, 0) is 55.3 Å². The van der Waals surface area contributed by atoms with Crippen LogP contribution in [0.25, 0.3) is 0 Å². The average molecular weight is 416 g/mol. The predicted octanol–water partition coefficient (Wildman–Crippen LogP) is 4.62. The van der Waals surface area contributed by atoms with Crippen molar-refractivity contribution in [3.8, 4) is 5.75 Å². The fourth-order valence-electron chi connectivity index (χ4n) is 3.36. The Kier molecular flexibility index (Phi) is 7.40. The van der Waals surface area contributed by atoms with Crippen LogP contribution in [0.4, 0.5) is 11.4 Å². The monoisotopic (exact) mass is 415 g/mol. The van der Waals surface area contributed by atoms with Gasteiger partial charge in [-0.15, -0.1) is 0 Å². The molecule has 0 radical (unpaired) electrons. The molecule has 3 rings (SSSR count). The summed E-state index contributed by atoms with van der Waals surface area (Å²) in [5, 5.41) is 3.50. The van der Waals surface area contributed by atoms with Crippen molar-refractivity contribution in [2.45, 2.75) is 26.2 Å². The van der Waals surface area contributed by atoms with Gasteiger partial charge in [0, 0.05) is 31.9 Å². The highest BCUT2D eigenvalue weighted by molar-refractivity contribution is 6.33. The van der Waals surface area contributed by atoms with Gasteiger partial charge in [0.2, 0.25) is 0 Å². The lowest BCUT2D eigenvalue weighted by Crippen LogP contribution is -2.44. The Labute approximate surface area is 178 Å². The number of benzene rings is 2. The molecule has 0 unspecified atom stereocenters. The number of piperazine rings is 1. The van der Waals surface area contributed by atoms with Gasteiger partial charge in [0.25, 0.3) is 5.91 Å². The lowest BCUT2D eigenvalue weighted by Gasteiger charge is -2.34. The van der Waals surface area contributed by atoms with Gasteiger partial charge in [0.05, 0.1) is 10.7 Å². The number of halogens is 1. The maximum absolute atomic E-state index is 12.2. The summed E-state index contributed by atoms with van der Waals surface area (Å²) in [5.41, 5.74) is 2.96. The molecule has 1 saturated heterocycles. The van der Waals surface area contributed by atoms with Crippen LogP contribution in [0.1, 0.15) is 31.7 Å². The van der Waals surface area contributed by atoms with E-state index in [1.807, 2.05) is 24.3 Å². The molecule has 1 N–H and O–H groups in total. The number of nitrogens with zero attached hydrogens (tertiary/aromatic N) is 2. The summed E-state index contributed by atoms with van der Waals surface area (Å²) < 4.78 is 5.61. The number of hydrogen-bond acceptors (Lipinski definition) is 4. The third-order valence-electron chi connectivity index (χ3n) is 5.51. The van der Waals surface area contributed by atoms with E-state index in [0.717, 1.165) is 38.3 Å². The minimum absolute atomic E-state index is 0.0412. The fourth-order valence-corrected chi connectivity index (χ4v) is 3.66. The van der Waals surface area contributed by atoms with Crippen molar-refractivity contribution in [3.05, 3.63) is 53.1 Å². The van der Waals surface area contributed by atoms with Crippen LogP contribution in [0.5, 0.6) is 5.75 Å². The summed E-state index contributed by atoms with van der Waals surface area (Å²) in [6, 6.07) is 13.6. The highest BCUT2D eigenvalue weighted by Crippen LogP contribution is 2.29. The Morgan fingerprint density at radius 1 is 1.14 bits per heavy atom. The standard InChI is InChI=1S/C23H30ClN3O2/c1-4-17(2)18-5-8-20(9-6-18)29-16-23(28)25-19-7-10-22(21(24)15-19)27-13-11-26(3)12-14-27/h5-10,15,17H,4,11-14,16H2,1-3H3,(H,25,28)/t17-/m0/s1. The van der Waals surface area contributed by atoms with E-state index < -0.39 is 0 Å². The quantitative estimate of drug-likeness (QED) is 0.716. The first kappa shape index (κ1) is 21.5.